The van der Waals surface area contributed by atoms with Crippen molar-refractivity contribution in [2.75, 3.05) is 0 Å². The third kappa shape index (κ3) is 3.06. The molecule has 2 N–H and O–H groups in total. The monoisotopic (exact) mass is 315 g/mol. The van der Waals surface area contributed by atoms with E-state index in [9.17, 15) is 13.2 Å². The minimum absolute atomic E-state index is 0.0536. The Bertz CT molecular complexity index is 704. The average Bonchev–Trinajstić information content (AvgIpc) is 3.05. The van der Waals surface area contributed by atoms with E-state index in [0.717, 1.165) is 6.07 Å². The number of sulfonamides is 1. The van der Waals surface area contributed by atoms with Crippen molar-refractivity contribution in [1.29, 1.82) is 0 Å². The van der Waals surface area contributed by atoms with E-state index >= 15 is 0 Å². The third-order valence-electron chi connectivity index (χ3n) is 2.64. The number of aromatic carboxylic acids is 1. The first kappa shape index (κ1) is 14.7. The van der Waals surface area contributed by atoms with Gasteiger partial charge in [0.25, 0.3) is 0 Å². The van der Waals surface area contributed by atoms with Crippen LogP contribution in [0.1, 0.15) is 22.4 Å². The first-order valence-corrected chi connectivity index (χ1v) is 8.12. The number of aromatic nitrogens is 2. The third-order valence-corrected chi connectivity index (χ3v) is 4.79. The van der Waals surface area contributed by atoms with Crippen molar-refractivity contribution in [2.24, 2.45) is 0 Å². The van der Waals surface area contributed by atoms with Crippen molar-refractivity contribution >= 4 is 27.3 Å². The maximum atomic E-state index is 12.1. The van der Waals surface area contributed by atoms with Gasteiger partial charge in [0.15, 0.2) is 0 Å². The number of hydrogen-bond acceptors (Lipinski definition) is 5. The quantitative estimate of drug-likeness (QED) is 0.832. The molecule has 2 heterocycles. The number of carbonyl (C=O) groups is 1. The highest BCUT2D eigenvalue weighted by Crippen LogP contribution is 2.15. The van der Waals surface area contributed by atoms with Crippen LogP contribution in [0.15, 0.2) is 28.7 Å². The van der Waals surface area contributed by atoms with Gasteiger partial charge in [-0.25, -0.2) is 22.9 Å². The van der Waals surface area contributed by atoms with Crippen LogP contribution in [0, 0.1) is 0 Å². The topological polar surface area (TPSA) is 101 Å². The Labute approximate surface area is 119 Å². The lowest BCUT2D eigenvalue weighted by Crippen LogP contribution is -2.22. The minimum atomic E-state index is -3.75. The molecule has 0 bridgehead atoms. The van der Waals surface area contributed by atoms with E-state index < -0.39 is 16.0 Å². The first-order chi connectivity index (χ1) is 9.44. The highest BCUT2D eigenvalue weighted by Gasteiger charge is 2.20. The second kappa shape index (κ2) is 5.73. The lowest BCUT2D eigenvalue weighted by atomic mass is 10.4. The summed E-state index contributed by atoms with van der Waals surface area (Å²) in [5.74, 6) is -1.16. The lowest BCUT2D eigenvalue weighted by Gasteiger charge is -2.02. The predicted octanol–water partition coefficient (Wildman–Crippen LogP) is 1.14. The lowest BCUT2D eigenvalue weighted by molar-refractivity contribution is 0.0685. The normalized spacial score (nSPS) is 11.7. The summed E-state index contributed by atoms with van der Waals surface area (Å²) in [4.78, 5) is 14.9. The fourth-order valence-corrected chi connectivity index (χ4v) is 3.33. The van der Waals surface area contributed by atoms with Crippen LogP contribution in [0.4, 0.5) is 0 Å². The maximum Gasteiger partial charge on any atom is 0.352 e. The molecule has 0 aromatic carbocycles. The highest BCUT2D eigenvalue weighted by atomic mass is 32.2. The molecule has 7 nitrogen and oxygen atoms in total. The van der Waals surface area contributed by atoms with Gasteiger partial charge in [-0.15, -0.1) is 11.3 Å². The number of carboxylic acid groups (broad SMARTS) is 1. The summed E-state index contributed by atoms with van der Waals surface area (Å²) in [7, 11) is -3.75. The van der Waals surface area contributed by atoms with Crippen LogP contribution in [-0.4, -0.2) is 29.0 Å². The molecule has 0 aliphatic carbocycles. The van der Waals surface area contributed by atoms with Crippen LogP contribution < -0.4 is 4.72 Å². The van der Waals surface area contributed by atoms with Crippen LogP contribution >= 0.6 is 11.3 Å². The number of rotatable bonds is 6. The molecule has 9 heteroatoms. The van der Waals surface area contributed by atoms with Gasteiger partial charge >= 0.3 is 5.97 Å². The van der Waals surface area contributed by atoms with Crippen molar-refractivity contribution in [3.63, 3.8) is 0 Å². The Morgan fingerprint density at radius 1 is 1.55 bits per heavy atom. The molecule has 0 atom stereocenters. The van der Waals surface area contributed by atoms with Crippen molar-refractivity contribution in [3.8, 4) is 0 Å². The Balaban J connectivity index is 2.23. The van der Waals surface area contributed by atoms with Crippen molar-refractivity contribution in [3.05, 3.63) is 34.5 Å². The summed E-state index contributed by atoms with van der Waals surface area (Å²) in [6.45, 7) is 2.20. The average molecular weight is 315 g/mol. The van der Waals surface area contributed by atoms with E-state index in [0.29, 0.717) is 11.6 Å². The number of aryl methyl sites for hydroxylation is 1. The van der Waals surface area contributed by atoms with Crippen LogP contribution in [0.2, 0.25) is 0 Å². The molecular formula is C11H13N3O4S2. The summed E-state index contributed by atoms with van der Waals surface area (Å²) >= 11 is 1.34. The van der Waals surface area contributed by atoms with Gasteiger partial charge in [0.1, 0.15) is 15.6 Å². The van der Waals surface area contributed by atoms with Crippen LogP contribution in [0.3, 0.4) is 0 Å². The molecule has 0 radical (unpaired) electrons. The smallest absolute Gasteiger partial charge is 0.352 e. The van der Waals surface area contributed by atoms with Gasteiger partial charge < -0.3 is 9.67 Å². The summed E-state index contributed by atoms with van der Waals surface area (Å²) in [6, 6.07) is 1.15. The molecule has 108 valence electrons. The van der Waals surface area contributed by atoms with Crippen LogP contribution in [0.5, 0.6) is 0 Å². The SMILES string of the molecule is CCn1cc(S(=O)(=O)NCc2nccs2)cc1C(=O)O. The van der Waals surface area contributed by atoms with E-state index in [2.05, 4.69) is 9.71 Å². The number of thiazole rings is 1. The van der Waals surface area contributed by atoms with Crippen molar-refractivity contribution in [1.82, 2.24) is 14.3 Å². The molecule has 2 rings (SSSR count). The summed E-state index contributed by atoms with van der Waals surface area (Å²) in [5.41, 5.74) is -0.0536. The molecule has 0 unspecified atom stereocenters. The maximum absolute atomic E-state index is 12.1. The predicted molar refractivity (Wildman–Crippen MR) is 73.2 cm³/mol. The Kier molecular flexibility index (Phi) is 4.21. The van der Waals surface area contributed by atoms with Gasteiger partial charge in [-0.2, -0.15) is 0 Å². The second-order valence-corrected chi connectivity index (χ2v) is 6.65. The fourth-order valence-electron chi connectivity index (χ4n) is 1.65. The van der Waals surface area contributed by atoms with E-state index in [4.69, 9.17) is 5.11 Å². The summed E-state index contributed by atoms with van der Waals surface area (Å²) in [6.07, 6.45) is 2.90. The molecule has 0 saturated heterocycles. The van der Waals surface area contributed by atoms with Gasteiger partial charge in [0.05, 0.1) is 6.54 Å². The second-order valence-electron chi connectivity index (χ2n) is 3.90. The molecule has 2 aromatic heterocycles. The zero-order chi connectivity index (χ0) is 14.8. The molecule has 2 aromatic rings. The van der Waals surface area contributed by atoms with E-state index in [1.165, 1.54) is 22.1 Å². The van der Waals surface area contributed by atoms with Gasteiger partial charge in [-0.05, 0) is 13.0 Å². The fraction of sp³-hybridized carbons (Fsp3) is 0.273. The minimum Gasteiger partial charge on any atom is -0.477 e. The molecule has 0 saturated carbocycles. The Morgan fingerprint density at radius 3 is 2.80 bits per heavy atom. The van der Waals surface area contributed by atoms with Crippen LogP contribution in [-0.2, 0) is 23.1 Å². The molecule has 0 spiro atoms. The van der Waals surface area contributed by atoms with Gasteiger partial charge in [-0.3, -0.25) is 0 Å². The largest absolute Gasteiger partial charge is 0.477 e. The van der Waals surface area contributed by atoms with Crippen molar-refractivity contribution in [2.45, 2.75) is 24.9 Å². The Morgan fingerprint density at radius 2 is 2.30 bits per heavy atom. The molecule has 20 heavy (non-hydrogen) atoms. The van der Waals surface area contributed by atoms with Crippen LogP contribution in [0.25, 0.3) is 0 Å². The molecule has 0 amide bonds. The first-order valence-electron chi connectivity index (χ1n) is 5.75. The van der Waals surface area contributed by atoms with Gasteiger partial charge in [0, 0.05) is 24.3 Å². The molecule has 0 aliphatic heterocycles. The van der Waals surface area contributed by atoms with E-state index in [1.807, 2.05) is 0 Å². The highest BCUT2D eigenvalue weighted by molar-refractivity contribution is 7.89. The van der Waals surface area contributed by atoms with E-state index in [-0.39, 0.29) is 17.1 Å². The van der Waals surface area contributed by atoms with Gasteiger partial charge in [-0.1, -0.05) is 0 Å². The molecule has 0 fully saturated rings. The molecule has 0 aliphatic rings. The number of nitrogens with zero attached hydrogens (tertiary/aromatic N) is 2. The Hall–Kier alpha value is -1.71. The van der Waals surface area contributed by atoms with E-state index in [1.54, 1.807) is 18.5 Å². The summed E-state index contributed by atoms with van der Waals surface area (Å²) in [5, 5.41) is 11.4. The summed E-state index contributed by atoms with van der Waals surface area (Å²) < 4.78 is 28.0. The number of nitrogens with one attached hydrogen (secondary N) is 1. The van der Waals surface area contributed by atoms with Gasteiger partial charge in [0.2, 0.25) is 10.0 Å². The number of carboxylic acids is 1. The standard InChI is InChI=1S/C11H13N3O4S2/c1-2-14-7-8(5-9(14)11(15)16)20(17,18)13-6-10-12-3-4-19-10/h3-5,7,13H,2,6H2,1H3,(H,15,16). The van der Waals surface area contributed by atoms with Crippen molar-refractivity contribution < 1.29 is 18.3 Å². The number of hydrogen-bond donors (Lipinski definition) is 2. The molecular weight excluding hydrogens is 302 g/mol. The zero-order valence-corrected chi connectivity index (χ0v) is 12.2. The zero-order valence-electron chi connectivity index (χ0n) is 10.6.